The molecule has 0 saturated heterocycles. The number of nitrogens with one attached hydrogen (secondary N) is 1. The lowest BCUT2D eigenvalue weighted by atomic mass is 10.1. The summed E-state index contributed by atoms with van der Waals surface area (Å²) in [4.78, 5) is 16.6. The van der Waals surface area contributed by atoms with E-state index in [0.29, 0.717) is 26.7 Å². The second kappa shape index (κ2) is 7.98. The molecule has 3 rings (SSSR count). The molecule has 138 valence electrons. The van der Waals surface area contributed by atoms with Crippen molar-refractivity contribution in [1.29, 1.82) is 5.26 Å². The summed E-state index contributed by atoms with van der Waals surface area (Å²) in [5.41, 5.74) is 1.97. The van der Waals surface area contributed by atoms with Gasteiger partial charge < -0.3 is 5.32 Å². The zero-order chi connectivity index (χ0) is 19.4. The number of carbonyl (C=O) groups excluding carboxylic acids is 1. The number of alkyl halides is 3. The van der Waals surface area contributed by atoms with Gasteiger partial charge in [-0.15, -0.1) is 11.3 Å². The van der Waals surface area contributed by atoms with E-state index in [1.54, 1.807) is 36.4 Å². The van der Waals surface area contributed by atoms with E-state index in [1.165, 1.54) is 17.4 Å². The van der Waals surface area contributed by atoms with Crippen LogP contribution in [-0.4, -0.2) is 22.8 Å². The third kappa shape index (κ3) is 5.21. The standard InChI is InChI=1S/C18H12F3N3OS2/c19-18(20,21)6-7-26-17-24-14-5-4-13(9-15(14)27-17)23-16(25)12-3-1-2-11(8-12)10-22/h1-5,8-9H,6-7H2,(H,23,25). The average molecular weight is 407 g/mol. The number of halogens is 3. The Hall–Kier alpha value is -2.57. The lowest BCUT2D eigenvalue weighted by Gasteiger charge is -2.05. The molecule has 0 unspecified atom stereocenters. The summed E-state index contributed by atoms with van der Waals surface area (Å²) >= 11 is 2.34. The Kier molecular flexibility index (Phi) is 5.68. The van der Waals surface area contributed by atoms with E-state index < -0.39 is 12.6 Å². The first-order chi connectivity index (χ1) is 12.8. The number of hydrogen-bond donors (Lipinski definition) is 1. The van der Waals surface area contributed by atoms with Gasteiger partial charge in [0.15, 0.2) is 4.34 Å². The summed E-state index contributed by atoms with van der Waals surface area (Å²) < 4.78 is 38.0. The Morgan fingerprint density at radius 3 is 2.81 bits per heavy atom. The zero-order valence-corrected chi connectivity index (χ0v) is 15.3. The number of benzene rings is 2. The fourth-order valence-electron chi connectivity index (χ4n) is 2.23. The van der Waals surface area contributed by atoms with Gasteiger partial charge in [-0.1, -0.05) is 17.8 Å². The number of carbonyl (C=O) groups is 1. The van der Waals surface area contributed by atoms with E-state index in [1.807, 2.05) is 6.07 Å². The summed E-state index contributed by atoms with van der Waals surface area (Å²) in [5, 5.41) is 11.7. The first kappa shape index (κ1) is 19.2. The third-order valence-electron chi connectivity index (χ3n) is 3.49. The predicted molar refractivity (Wildman–Crippen MR) is 100 cm³/mol. The Labute approximate surface area is 161 Å². The highest BCUT2D eigenvalue weighted by Crippen LogP contribution is 2.33. The molecule has 1 aromatic heterocycles. The minimum atomic E-state index is -4.18. The molecule has 1 amide bonds. The van der Waals surface area contributed by atoms with Gasteiger partial charge in [0.1, 0.15) is 0 Å². The topological polar surface area (TPSA) is 65.8 Å². The molecule has 0 bridgehead atoms. The van der Waals surface area contributed by atoms with Gasteiger partial charge in [0.2, 0.25) is 0 Å². The van der Waals surface area contributed by atoms with Crippen LogP contribution in [0.1, 0.15) is 22.3 Å². The molecule has 0 aliphatic heterocycles. The molecule has 27 heavy (non-hydrogen) atoms. The van der Waals surface area contributed by atoms with Crippen molar-refractivity contribution < 1.29 is 18.0 Å². The van der Waals surface area contributed by atoms with Crippen molar-refractivity contribution in [2.75, 3.05) is 11.1 Å². The number of thiazole rings is 1. The molecule has 0 radical (unpaired) electrons. The Bertz CT molecular complexity index is 1020. The van der Waals surface area contributed by atoms with E-state index >= 15 is 0 Å². The van der Waals surface area contributed by atoms with Crippen LogP contribution >= 0.6 is 23.1 Å². The number of amides is 1. The van der Waals surface area contributed by atoms with Gasteiger partial charge in [-0.3, -0.25) is 4.79 Å². The van der Waals surface area contributed by atoms with Crippen molar-refractivity contribution in [3.05, 3.63) is 53.6 Å². The van der Waals surface area contributed by atoms with E-state index in [0.717, 1.165) is 16.5 Å². The minimum absolute atomic E-state index is 0.0812. The number of aromatic nitrogens is 1. The van der Waals surface area contributed by atoms with Crippen LogP contribution in [0, 0.1) is 11.3 Å². The average Bonchev–Trinajstić information content (AvgIpc) is 3.02. The van der Waals surface area contributed by atoms with Crippen molar-refractivity contribution in [2.45, 2.75) is 16.9 Å². The third-order valence-corrected chi connectivity index (χ3v) is 5.65. The summed E-state index contributed by atoms with van der Waals surface area (Å²) in [6, 6.07) is 13.4. The number of thioether (sulfide) groups is 1. The van der Waals surface area contributed by atoms with Crippen LogP contribution < -0.4 is 5.32 Å². The predicted octanol–water partition coefficient (Wildman–Crippen LogP) is 5.46. The van der Waals surface area contributed by atoms with Gasteiger partial charge in [-0.25, -0.2) is 4.98 Å². The van der Waals surface area contributed by atoms with Crippen LogP contribution in [0.3, 0.4) is 0 Å². The summed E-state index contributed by atoms with van der Waals surface area (Å²) in [6.45, 7) is 0. The molecular formula is C18H12F3N3OS2. The van der Waals surface area contributed by atoms with Crippen molar-refractivity contribution in [1.82, 2.24) is 4.98 Å². The highest BCUT2D eigenvalue weighted by atomic mass is 32.2. The molecule has 2 aromatic carbocycles. The second-order valence-corrected chi connectivity index (χ2v) is 7.90. The maximum atomic E-state index is 12.3. The van der Waals surface area contributed by atoms with Gasteiger partial charge in [0, 0.05) is 17.0 Å². The molecule has 0 aliphatic rings. The number of anilines is 1. The van der Waals surface area contributed by atoms with E-state index in [4.69, 9.17) is 5.26 Å². The Morgan fingerprint density at radius 1 is 1.26 bits per heavy atom. The van der Waals surface area contributed by atoms with Crippen molar-refractivity contribution >= 4 is 44.9 Å². The van der Waals surface area contributed by atoms with Crippen LogP contribution in [0.4, 0.5) is 18.9 Å². The van der Waals surface area contributed by atoms with Gasteiger partial charge >= 0.3 is 6.18 Å². The van der Waals surface area contributed by atoms with E-state index in [9.17, 15) is 18.0 Å². The number of fused-ring (bicyclic) bond motifs is 1. The van der Waals surface area contributed by atoms with Gasteiger partial charge in [0.25, 0.3) is 5.91 Å². The summed E-state index contributed by atoms with van der Waals surface area (Å²) in [5.74, 6) is -0.432. The normalized spacial score (nSPS) is 11.3. The molecule has 3 aromatic rings. The number of rotatable bonds is 5. The minimum Gasteiger partial charge on any atom is -0.322 e. The molecule has 4 nitrogen and oxygen atoms in total. The molecule has 0 spiro atoms. The quantitative estimate of drug-likeness (QED) is 0.570. The first-order valence-corrected chi connectivity index (χ1v) is 9.56. The monoisotopic (exact) mass is 407 g/mol. The fraction of sp³-hybridized carbons (Fsp3) is 0.167. The van der Waals surface area contributed by atoms with Gasteiger partial charge in [-0.05, 0) is 36.4 Å². The van der Waals surface area contributed by atoms with Crippen LogP contribution in [0.2, 0.25) is 0 Å². The molecular weight excluding hydrogens is 395 g/mol. The SMILES string of the molecule is N#Cc1cccc(C(=O)Nc2ccc3nc(SCCC(F)(F)F)sc3c2)c1. The molecule has 9 heteroatoms. The number of hydrogen-bond acceptors (Lipinski definition) is 5. The summed E-state index contributed by atoms with van der Waals surface area (Å²) in [7, 11) is 0. The Morgan fingerprint density at radius 2 is 2.07 bits per heavy atom. The maximum Gasteiger partial charge on any atom is 0.389 e. The number of nitrogens with zero attached hydrogens (tertiary/aromatic N) is 2. The second-order valence-electron chi connectivity index (χ2n) is 5.52. The van der Waals surface area contributed by atoms with Crippen molar-refractivity contribution in [3.63, 3.8) is 0 Å². The van der Waals surface area contributed by atoms with Crippen LogP contribution in [-0.2, 0) is 0 Å². The Balaban J connectivity index is 1.70. The molecule has 1 heterocycles. The lowest BCUT2D eigenvalue weighted by Crippen LogP contribution is -2.11. The molecule has 0 saturated carbocycles. The number of nitriles is 1. The zero-order valence-electron chi connectivity index (χ0n) is 13.7. The molecule has 1 N–H and O–H groups in total. The van der Waals surface area contributed by atoms with Gasteiger partial charge in [0.05, 0.1) is 28.3 Å². The highest BCUT2D eigenvalue weighted by molar-refractivity contribution is 8.01. The maximum absolute atomic E-state index is 12.3. The van der Waals surface area contributed by atoms with Crippen LogP contribution in [0.25, 0.3) is 10.2 Å². The first-order valence-electron chi connectivity index (χ1n) is 7.76. The fourth-order valence-corrected chi connectivity index (χ4v) is 4.39. The highest BCUT2D eigenvalue weighted by Gasteiger charge is 2.26. The molecule has 0 aliphatic carbocycles. The van der Waals surface area contributed by atoms with Crippen molar-refractivity contribution in [2.24, 2.45) is 0 Å². The molecule has 0 atom stereocenters. The lowest BCUT2D eigenvalue weighted by molar-refractivity contribution is -0.129. The molecule has 0 fully saturated rings. The van der Waals surface area contributed by atoms with E-state index in [-0.39, 0.29) is 11.7 Å². The summed E-state index contributed by atoms with van der Waals surface area (Å²) in [6.07, 6.45) is -5.04. The smallest absolute Gasteiger partial charge is 0.322 e. The van der Waals surface area contributed by atoms with Gasteiger partial charge in [-0.2, -0.15) is 18.4 Å². The largest absolute Gasteiger partial charge is 0.389 e. The van der Waals surface area contributed by atoms with E-state index in [2.05, 4.69) is 10.3 Å². The van der Waals surface area contributed by atoms with Crippen LogP contribution in [0.15, 0.2) is 46.8 Å². The van der Waals surface area contributed by atoms with Crippen molar-refractivity contribution in [3.8, 4) is 6.07 Å². The van der Waals surface area contributed by atoms with Crippen LogP contribution in [0.5, 0.6) is 0 Å².